The molecule has 1 aliphatic carbocycles. The van der Waals surface area contributed by atoms with Gasteiger partial charge in [-0.1, -0.05) is 12.1 Å². The monoisotopic (exact) mass is 343 g/mol. The van der Waals surface area contributed by atoms with Crippen LogP contribution in [0.4, 0.5) is 0 Å². The molecule has 136 valence electrons. The van der Waals surface area contributed by atoms with Crippen molar-refractivity contribution < 1.29 is 4.74 Å². The molecule has 6 heteroatoms. The van der Waals surface area contributed by atoms with Gasteiger partial charge < -0.3 is 19.9 Å². The fourth-order valence-electron chi connectivity index (χ4n) is 2.81. The quantitative estimate of drug-likeness (QED) is 0.417. The molecule has 1 aromatic carbocycles. The van der Waals surface area contributed by atoms with E-state index in [4.69, 9.17) is 4.74 Å². The molecule has 1 fully saturated rings. The fourth-order valence-corrected chi connectivity index (χ4v) is 2.81. The molecule has 0 atom stereocenters. The van der Waals surface area contributed by atoms with Crippen LogP contribution in [0.25, 0.3) is 11.0 Å². The van der Waals surface area contributed by atoms with Crippen molar-refractivity contribution in [3.05, 3.63) is 30.1 Å². The van der Waals surface area contributed by atoms with Gasteiger partial charge in [0.1, 0.15) is 5.82 Å². The maximum absolute atomic E-state index is 5.70. The van der Waals surface area contributed by atoms with Crippen molar-refractivity contribution in [3.63, 3.8) is 0 Å². The molecule has 1 aromatic heterocycles. The number of imidazole rings is 1. The van der Waals surface area contributed by atoms with Gasteiger partial charge in [0.05, 0.1) is 17.6 Å². The predicted molar refractivity (Wildman–Crippen MR) is 102 cm³/mol. The van der Waals surface area contributed by atoms with Crippen LogP contribution in [-0.4, -0.2) is 61.2 Å². The fraction of sp³-hybridized carbons (Fsp3) is 0.579. The second kappa shape index (κ2) is 8.85. The number of aromatic amines is 1. The summed E-state index contributed by atoms with van der Waals surface area (Å²) in [6.07, 6.45) is 4.60. The summed E-state index contributed by atoms with van der Waals surface area (Å²) < 4.78 is 5.70. The minimum absolute atomic E-state index is 0.757. The van der Waals surface area contributed by atoms with E-state index in [-0.39, 0.29) is 0 Å². The molecule has 6 nitrogen and oxygen atoms in total. The largest absolute Gasteiger partial charge is 0.379 e. The Kier molecular flexibility index (Phi) is 6.28. The molecule has 2 aromatic rings. The van der Waals surface area contributed by atoms with Crippen LogP contribution in [0, 0.1) is 5.92 Å². The zero-order valence-electron chi connectivity index (χ0n) is 15.3. The number of fused-ring (bicyclic) bond motifs is 1. The van der Waals surface area contributed by atoms with Gasteiger partial charge in [0.2, 0.25) is 0 Å². The summed E-state index contributed by atoms with van der Waals surface area (Å²) in [5.41, 5.74) is 2.14. The Morgan fingerprint density at radius 2 is 2.24 bits per heavy atom. The van der Waals surface area contributed by atoms with Gasteiger partial charge >= 0.3 is 0 Å². The lowest BCUT2D eigenvalue weighted by molar-refractivity contribution is 0.115. The highest BCUT2D eigenvalue weighted by Crippen LogP contribution is 2.28. The van der Waals surface area contributed by atoms with Crippen LogP contribution in [0.1, 0.15) is 25.1 Å². The molecule has 0 radical (unpaired) electrons. The van der Waals surface area contributed by atoms with Crippen LogP contribution in [0.2, 0.25) is 0 Å². The smallest absolute Gasteiger partial charge is 0.193 e. The molecule has 25 heavy (non-hydrogen) atoms. The number of guanidine groups is 1. The van der Waals surface area contributed by atoms with Crippen LogP contribution in [0.3, 0.4) is 0 Å². The van der Waals surface area contributed by atoms with Gasteiger partial charge in [0.15, 0.2) is 5.96 Å². The molecule has 2 N–H and O–H groups in total. The zero-order valence-corrected chi connectivity index (χ0v) is 15.3. The first-order valence-electron chi connectivity index (χ1n) is 9.19. The molecule has 0 saturated heterocycles. The molecule has 0 aliphatic heterocycles. The molecular formula is C19H29N5O. The number of hydrogen-bond donors (Lipinski definition) is 2. The SMILES string of the molecule is CN=C(NCCCc1nc2ccccc2[nH]1)N(C)CCOCC1CC1. The van der Waals surface area contributed by atoms with Gasteiger partial charge in [-0.25, -0.2) is 4.98 Å². The molecule has 0 bridgehead atoms. The van der Waals surface area contributed by atoms with Crippen molar-refractivity contribution in [1.82, 2.24) is 20.2 Å². The van der Waals surface area contributed by atoms with E-state index in [1.165, 1.54) is 12.8 Å². The summed E-state index contributed by atoms with van der Waals surface area (Å²) in [4.78, 5) is 14.5. The van der Waals surface area contributed by atoms with Crippen molar-refractivity contribution >= 4 is 17.0 Å². The van der Waals surface area contributed by atoms with Gasteiger partial charge in [0.25, 0.3) is 0 Å². The summed E-state index contributed by atoms with van der Waals surface area (Å²) in [6.45, 7) is 3.40. The molecule has 0 unspecified atom stereocenters. The van der Waals surface area contributed by atoms with Gasteiger partial charge in [-0.15, -0.1) is 0 Å². The molecule has 0 amide bonds. The first kappa shape index (κ1) is 17.7. The van der Waals surface area contributed by atoms with Gasteiger partial charge in [0, 0.05) is 40.2 Å². The predicted octanol–water partition coefficient (Wildman–Crippen LogP) is 2.43. The van der Waals surface area contributed by atoms with E-state index in [0.29, 0.717) is 0 Å². The molecule has 1 aliphatic rings. The number of nitrogens with zero attached hydrogens (tertiary/aromatic N) is 3. The van der Waals surface area contributed by atoms with Gasteiger partial charge in [-0.2, -0.15) is 0 Å². The number of aromatic nitrogens is 2. The Hall–Kier alpha value is -2.08. The number of aryl methyl sites for hydroxylation is 1. The Morgan fingerprint density at radius 1 is 1.40 bits per heavy atom. The van der Waals surface area contributed by atoms with E-state index in [0.717, 1.165) is 67.9 Å². The average molecular weight is 343 g/mol. The minimum Gasteiger partial charge on any atom is -0.379 e. The Bertz CT molecular complexity index is 659. The highest BCUT2D eigenvalue weighted by atomic mass is 16.5. The number of benzene rings is 1. The van der Waals surface area contributed by atoms with Gasteiger partial charge in [-0.3, -0.25) is 4.99 Å². The van der Waals surface area contributed by atoms with Crippen molar-refractivity contribution in [2.24, 2.45) is 10.9 Å². The molecular weight excluding hydrogens is 314 g/mol. The molecule has 3 rings (SSSR count). The van der Waals surface area contributed by atoms with E-state index in [1.54, 1.807) is 0 Å². The van der Waals surface area contributed by atoms with Gasteiger partial charge in [-0.05, 0) is 37.3 Å². The van der Waals surface area contributed by atoms with E-state index in [1.807, 2.05) is 25.2 Å². The Labute approximate surface area is 149 Å². The summed E-state index contributed by atoms with van der Waals surface area (Å²) in [5, 5.41) is 3.41. The number of para-hydroxylation sites is 2. The van der Waals surface area contributed by atoms with E-state index in [9.17, 15) is 0 Å². The van der Waals surface area contributed by atoms with E-state index >= 15 is 0 Å². The lowest BCUT2D eigenvalue weighted by Crippen LogP contribution is -2.41. The number of likely N-dealkylation sites (N-methyl/N-ethyl adjacent to an activating group) is 1. The lowest BCUT2D eigenvalue weighted by Gasteiger charge is -2.22. The minimum atomic E-state index is 0.757. The summed E-state index contributed by atoms with van der Waals surface area (Å²) >= 11 is 0. The first-order valence-corrected chi connectivity index (χ1v) is 9.19. The third-order valence-corrected chi connectivity index (χ3v) is 4.51. The summed E-state index contributed by atoms with van der Waals surface area (Å²) in [6, 6.07) is 8.14. The maximum atomic E-state index is 5.70. The summed E-state index contributed by atoms with van der Waals surface area (Å²) in [5.74, 6) is 2.78. The number of H-pyrrole nitrogens is 1. The van der Waals surface area contributed by atoms with Crippen molar-refractivity contribution in [2.75, 3.05) is 40.4 Å². The molecule has 1 saturated carbocycles. The number of hydrogen-bond acceptors (Lipinski definition) is 3. The van der Waals surface area contributed by atoms with Crippen LogP contribution < -0.4 is 5.32 Å². The standard InChI is InChI=1S/C19H29N5O/c1-20-19(24(2)12-13-25-14-15-9-10-15)21-11-5-8-18-22-16-6-3-4-7-17(16)23-18/h3-4,6-7,15H,5,8-14H2,1-2H3,(H,20,21)(H,22,23). The maximum Gasteiger partial charge on any atom is 0.193 e. The Morgan fingerprint density at radius 3 is 3.00 bits per heavy atom. The topological polar surface area (TPSA) is 65.5 Å². The zero-order chi connectivity index (χ0) is 17.5. The van der Waals surface area contributed by atoms with E-state index < -0.39 is 0 Å². The number of ether oxygens (including phenoxy) is 1. The number of rotatable bonds is 9. The van der Waals surface area contributed by atoms with Crippen LogP contribution in [0.15, 0.2) is 29.3 Å². The third-order valence-electron chi connectivity index (χ3n) is 4.51. The van der Waals surface area contributed by atoms with Crippen LogP contribution in [0.5, 0.6) is 0 Å². The third kappa shape index (κ3) is 5.46. The first-order chi connectivity index (χ1) is 12.3. The number of nitrogens with one attached hydrogen (secondary N) is 2. The highest BCUT2D eigenvalue weighted by Gasteiger charge is 2.21. The normalized spacial score (nSPS) is 14.9. The Balaban J connectivity index is 1.34. The summed E-state index contributed by atoms with van der Waals surface area (Å²) in [7, 11) is 3.87. The van der Waals surface area contributed by atoms with Crippen molar-refractivity contribution in [3.8, 4) is 0 Å². The molecule has 0 spiro atoms. The van der Waals surface area contributed by atoms with Crippen LogP contribution in [-0.2, 0) is 11.2 Å². The second-order valence-electron chi connectivity index (χ2n) is 6.72. The van der Waals surface area contributed by atoms with Crippen molar-refractivity contribution in [1.29, 1.82) is 0 Å². The highest BCUT2D eigenvalue weighted by molar-refractivity contribution is 5.79. The molecule has 1 heterocycles. The van der Waals surface area contributed by atoms with Crippen LogP contribution >= 0.6 is 0 Å². The number of aliphatic imine (C=N–C) groups is 1. The second-order valence-corrected chi connectivity index (χ2v) is 6.72. The average Bonchev–Trinajstić information content (AvgIpc) is 3.35. The lowest BCUT2D eigenvalue weighted by atomic mass is 10.3. The van der Waals surface area contributed by atoms with Crippen molar-refractivity contribution in [2.45, 2.75) is 25.7 Å². The van der Waals surface area contributed by atoms with E-state index in [2.05, 4.69) is 38.3 Å².